The van der Waals surface area contributed by atoms with Crippen LogP contribution in [0.4, 0.5) is 0 Å². The Morgan fingerprint density at radius 3 is 2.81 bits per heavy atom. The van der Waals surface area contributed by atoms with Crippen molar-refractivity contribution in [2.24, 2.45) is 12.8 Å². The Kier molecular flexibility index (Phi) is 2.78. The van der Waals surface area contributed by atoms with Crippen LogP contribution in [0.1, 0.15) is 10.4 Å². The summed E-state index contributed by atoms with van der Waals surface area (Å²) in [6.07, 6.45) is 1.85. The average Bonchev–Trinajstić information content (AvgIpc) is 2.58. The Morgan fingerprint density at radius 1 is 1.50 bits per heavy atom. The summed E-state index contributed by atoms with van der Waals surface area (Å²) in [5.74, 6) is -0.436. The molecule has 16 heavy (non-hydrogen) atoms. The van der Waals surface area contributed by atoms with E-state index in [1.807, 2.05) is 19.3 Å². The molecule has 4 nitrogen and oxygen atoms in total. The van der Waals surface area contributed by atoms with Crippen LogP contribution < -0.4 is 5.73 Å². The van der Waals surface area contributed by atoms with Crippen LogP contribution in [0.2, 0.25) is 0 Å². The molecule has 0 fully saturated rings. The minimum atomic E-state index is -0.436. The van der Waals surface area contributed by atoms with Gasteiger partial charge in [-0.15, -0.1) is 0 Å². The predicted octanol–water partition coefficient (Wildman–Crippen LogP) is 1.95. The standard InChI is InChI=1S/C11H10BrN3O/c1-15-6-9(12)10(14-15)7-3-2-4-8(5-7)11(13)16/h2-6H,1H3,(H2,13,16). The van der Waals surface area contributed by atoms with E-state index in [0.29, 0.717) is 5.56 Å². The fraction of sp³-hybridized carbons (Fsp3) is 0.0909. The van der Waals surface area contributed by atoms with Crippen molar-refractivity contribution in [1.29, 1.82) is 0 Å². The predicted molar refractivity (Wildman–Crippen MR) is 64.9 cm³/mol. The highest BCUT2D eigenvalue weighted by molar-refractivity contribution is 9.10. The van der Waals surface area contributed by atoms with Crippen molar-refractivity contribution in [1.82, 2.24) is 9.78 Å². The lowest BCUT2D eigenvalue weighted by molar-refractivity contribution is 0.100. The summed E-state index contributed by atoms with van der Waals surface area (Å²) in [5.41, 5.74) is 7.37. The molecule has 2 N–H and O–H groups in total. The molecule has 0 saturated heterocycles. The summed E-state index contributed by atoms with van der Waals surface area (Å²) in [5, 5.41) is 4.30. The number of carbonyl (C=O) groups is 1. The molecule has 2 aromatic rings. The zero-order chi connectivity index (χ0) is 11.7. The summed E-state index contributed by atoms with van der Waals surface area (Å²) >= 11 is 3.42. The highest BCUT2D eigenvalue weighted by atomic mass is 79.9. The minimum absolute atomic E-state index is 0.436. The van der Waals surface area contributed by atoms with E-state index in [0.717, 1.165) is 15.7 Å². The van der Waals surface area contributed by atoms with E-state index in [-0.39, 0.29) is 0 Å². The van der Waals surface area contributed by atoms with Gasteiger partial charge in [0, 0.05) is 24.4 Å². The van der Waals surface area contributed by atoms with Crippen molar-refractivity contribution in [2.75, 3.05) is 0 Å². The molecule has 0 aliphatic carbocycles. The van der Waals surface area contributed by atoms with Crippen LogP contribution in [-0.2, 0) is 7.05 Å². The molecule has 1 amide bonds. The number of amides is 1. The van der Waals surface area contributed by atoms with Gasteiger partial charge in [-0.1, -0.05) is 12.1 Å². The molecule has 2 rings (SSSR count). The molecule has 0 atom stereocenters. The molecule has 0 aliphatic heterocycles. The molecule has 82 valence electrons. The van der Waals surface area contributed by atoms with Crippen molar-refractivity contribution in [2.45, 2.75) is 0 Å². The SMILES string of the molecule is Cn1cc(Br)c(-c2cccc(C(N)=O)c2)n1. The van der Waals surface area contributed by atoms with Gasteiger partial charge in [0.05, 0.1) is 4.47 Å². The van der Waals surface area contributed by atoms with Gasteiger partial charge >= 0.3 is 0 Å². The number of nitrogens with two attached hydrogens (primary N) is 1. The first-order valence-corrected chi connectivity index (χ1v) is 5.46. The van der Waals surface area contributed by atoms with Gasteiger partial charge in [-0.05, 0) is 28.1 Å². The second kappa shape index (κ2) is 4.09. The third-order valence-corrected chi connectivity index (χ3v) is 2.78. The molecule has 0 bridgehead atoms. The maximum atomic E-state index is 11.1. The quantitative estimate of drug-likeness (QED) is 0.913. The molecule has 0 spiro atoms. The van der Waals surface area contributed by atoms with E-state index >= 15 is 0 Å². The zero-order valence-corrected chi connectivity index (χ0v) is 10.2. The molecule has 0 aliphatic rings. The van der Waals surface area contributed by atoms with Gasteiger partial charge in [-0.25, -0.2) is 0 Å². The Morgan fingerprint density at radius 2 is 2.25 bits per heavy atom. The number of halogens is 1. The van der Waals surface area contributed by atoms with Gasteiger partial charge in [-0.3, -0.25) is 9.48 Å². The van der Waals surface area contributed by atoms with E-state index in [1.165, 1.54) is 0 Å². The number of hydrogen-bond donors (Lipinski definition) is 1. The second-order valence-electron chi connectivity index (χ2n) is 3.44. The van der Waals surface area contributed by atoms with Gasteiger partial charge in [-0.2, -0.15) is 5.10 Å². The number of hydrogen-bond acceptors (Lipinski definition) is 2. The van der Waals surface area contributed by atoms with Gasteiger partial charge in [0.15, 0.2) is 0 Å². The van der Waals surface area contributed by atoms with Crippen LogP contribution in [0.5, 0.6) is 0 Å². The third-order valence-electron chi connectivity index (χ3n) is 2.20. The fourth-order valence-electron chi connectivity index (χ4n) is 1.47. The first kappa shape index (κ1) is 10.9. The number of carbonyl (C=O) groups excluding carboxylic acids is 1. The Hall–Kier alpha value is -1.62. The van der Waals surface area contributed by atoms with Crippen molar-refractivity contribution in [3.05, 3.63) is 40.5 Å². The Bertz CT molecular complexity index is 548. The highest BCUT2D eigenvalue weighted by Gasteiger charge is 2.09. The topological polar surface area (TPSA) is 60.9 Å². The summed E-state index contributed by atoms with van der Waals surface area (Å²) in [6, 6.07) is 7.09. The lowest BCUT2D eigenvalue weighted by atomic mass is 10.1. The molecular weight excluding hydrogens is 270 g/mol. The second-order valence-corrected chi connectivity index (χ2v) is 4.30. The maximum Gasteiger partial charge on any atom is 0.248 e. The van der Waals surface area contributed by atoms with Crippen LogP contribution in [0.3, 0.4) is 0 Å². The molecule has 0 saturated carbocycles. The van der Waals surface area contributed by atoms with Crippen molar-refractivity contribution >= 4 is 21.8 Å². The van der Waals surface area contributed by atoms with Gasteiger partial charge in [0.1, 0.15) is 5.69 Å². The lowest BCUT2D eigenvalue weighted by Crippen LogP contribution is -2.10. The first-order chi connectivity index (χ1) is 7.58. The molecule has 5 heteroatoms. The van der Waals surface area contributed by atoms with Crippen molar-refractivity contribution < 1.29 is 4.79 Å². The maximum absolute atomic E-state index is 11.1. The highest BCUT2D eigenvalue weighted by Crippen LogP contribution is 2.26. The molecule has 1 aromatic heterocycles. The number of nitrogens with zero attached hydrogens (tertiary/aromatic N) is 2. The number of rotatable bonds is 2. The lowest BCUT2D eigenvalue weighted by Gasteiger charge is -2.00. The normalized spacial score (nSPS) is 10.4. The van der Waals surface area contributed by atoms with E-state index in [4.69, 9.17) is 5.73 Å². The zero-order valence-electron chi connectivity index (χ0n) is 8.64. The fourth-order valence-corrected chi connectivity index (χ4v) is 2.08. The summed E-state index contributed by atoms with van der Waals surface area (Å²) in [4.78, 5) is 11.1. The monoisotopic (exact) mass is 279 g/mol. The Labute approximate surface area is 101 Å². The van der Waals surface area contributed by atoms with Crippen LogP contribution >= 0.6 is 15.9 Å². The van der Waals surface area contributed by atoms with Crippen molar-refractivity contribution in [3.63, 3.8) is 0 Å². The van der Waals surface area contributed by atoms with Crippen LogP contribution in [-0.4, -0.2) is 15.7 Å². The molecule has 1 aromatic carbocycles. The van der Waals surface area contributed by atoms with Crippen LogP contribution in [0.25, 0.3) is 11.3 Å². The van der Waals surface area contributed by atoms with E-state index in [1.54, 1.807) is 22.9 Å². The summed E-state index contributed by atoms with van der Waals surface area (Å²) in [6.45, 7) is 0. The molecule has 0 radical (unpaired) electrons. The van der Waals surface area contributed by atoms with E-state index < -0.39 is 5.91 Å². The van der Waals surface area contributed by atoms with Crippen molar-refractivity contribution in [3.8, 4) is 11.3 Å². The smallest absolute Gasteiger partial charge is 0.248 e. The Balaban J connectivity index is 2.52. The van der Waals surface area contributed by atoms with Gasteiger partial charge < -0.3 is 5.73 Å². The number of aromatic nitrogens is 2. The van der Waals surface area contributed by atoms with Gasteiger partial charge in [0.25, 0.3) is 0 Å². The minimum Gasteiger partial charge on any atom is -0.366 e. The number of aryl methyl sites for hydroxylation is 1. The van der Waals surface area contributed by atoms with E-state index in [9.17, 15) is 4.79 Å². The summed E-state index contributed by atoms with van der Waals surface area (Å²) < 4.78 is 2.59. The van der Waals surface area contributed by atoms with E-state index in [2.05, 4.69) is 21.0 Å². The van der Waals surface area contributed by atoms with Crippen LogP contribution in [0, 0.1) is 0 Å². The molecule has 0 unspecified atom stereocenters. The average molecular weight is 280 g/mol. The molecular formula is C11H10BrN3O. The number of benzene rings is 1. The summed E-state index contributed by atoms with van der Waals surface area (Å²) in [7, 11) is 1.84. The third kappa shape index (κ3) is 1.99. The first-order valence-electron chi connectivity index (χ1n) is 4.67. The molecule has 1 heterocycles. The van der Waals surface area contributed by atoms with Gasteiger partial charge in [0.2, 0.25) is 5.91 Å². The largest absolute Gasteiger partial charge is 0.366 e. The van der Waals surface area contributed by atoms with Crippen LogP contribution in [0.15, 0.2) is 34.9 Å². The number of primary amides is 1.